The molecule has 2 aromatic heterocycles. The first kappa shape index (κ1) is 14.3. The third-order valence-electron chi connectivity index (χ3n) is 2.84. The van der Waals surface area contributed by atoms with Gasteiger partial charge in [0.2, 0.25) is 0 Å². The summed E-state index contributed by atoms with van der Waals surface area (Å²) in [6.45, 7) is 1.90. The maximum absolute atomic E-state index is 12.3. The summed E-state index contributed by atoms with van der Waals surface area (Å²) < 4.78 is 31.3. The fourth-order valence-electron chi connectivity index (χ4n) is 1.63. The standard InChI is InChI=1S/C12H15NO4S2/c1-9-11(3-4-17-9)6-13(2)19(15,16)12-5-10(7-14)8-18-12/h3-5,8,14H,6-7H2,1-2H3. The Bertz CT molecular complexity index is 657. The summed E-state index contributed by atoms with van der Waals surface area (Å²) in [5, 5.41) is 10.6. The number of thiophene rings is 1. The van der Waals surface area contributed by atoms with Crippen LogP contribution in [0.25, 0.3) is 0 Å². The number of nitrogens with zero attached hydrogens (tertiary/aromatic N) is 1. The molecule has 0 atom stereocenters. The summed E-state index contributed by atoms with van der Waals surface area (Å²) in [5.41, 5.74) is 1.45. The first-order chi connectivity index (χ1) is 8.95. The van der Waals surface area contributed by atoms with Gasteiger partial charge in [0.15, 0.2) is 0 Å². The average molecular weight is 301 g/mol. The predicted octanol–water partition coefficient (Wildman–Crippen LogP) is 1.96. The zero-order chi connectivity index (χ0) is 14.0. The van der Waals surface area contributed by atoms with Crippen molar-refractivity contribution >= 4 is 21.4 Å². The van der Waals surface area contributed by atoms with Crippen LogP contribution < -0.4 is 0 Å². The summed E-state index contributed by atoms with van der Waals surface area (Å²) in [7, 11) is -1.99. The molecular weight excluding hydrogens is 286 g/mol. The number of aryl methyl sites for hydroxylation is 1. The Hall–Kier alpha value is -1.15. The number of hydrogen-bond donors (Lipinski definition) is 1. The predicted molar refractivity (Wildman–Crippen MR) is 72.3 cm³/mol. The van der Waals surface area contributed by atoms with E-state index in [0.29, 0.717) is 11.3 Å². The molecule has 2 aromatic rings. The minimum absolute atomic E-state index is 0.156. The maximum Gasteiger partial charge on any atom is 0.252 e. The van der Waals surface area contributed by atoms with E-state index >= 15 is 0 Å². The van der Waals surface area contributed by atoms with Gasteiger partial charge >= 0.3 is 0 Å². The first-order valence-electron chi connectivity index (χ1n) is 5.62. The average Bonchev–Trinajstić information content (AvgIpc) is 2.99. The van der Waals surface area contributed by atoms with Crippen molar-refractivity contribution in [3.8, 4) is 0 Å². The van der Waals surface area contributed by atoms with Gasteiger partial charge in [0.25, 0.3) is 10.0 Å². The van der Waals surface area contributed by atoms with E-state index in [1.165, 1.54) is 17.4 Å². The van der Waals surface area contributed by atoms with Gasteiger partial charge in [0, 0.05) is 19.2 Å². The summed E-state index contributed by atoms with van der Waals surface area (Å²) in [5.74, 6) is 0.712. The third kappa shape index (κ3) is 2.89. The molecule has 0 radical (unpaired) electrons. The van der Waals surface area contributed by atoms with Crippen molar-refractivity contribution in [2.75, 3.05) is 7.05 Å². The molecule has 2 heterocycles. The van der Waals surface area contributed by atoms with E-state index in [4.69, 9.17) is 9.52 Å². The molecule has 0 amide bonds. The molecule has 7 heteroatoms. The summed E-state index contributed by atoms with van der Waals surface area (Å²) in [6.07, 6.45) is 1.54. The van der Waals surface area contributed by atoms with Crippen LogP contribution in [-0.4, -0.2) is 24.9 Å². The van der Waals surface area contributed by atoms with E-state index in [0.717, 1.165) is 16.9 Å². The Morgan fingerprint density at radius 1 is 1.47 bits per heavy atom. The lowest BCUT2D eigenvalue weighted by molar-refractivity contribution is 0.282. The molecule has 0 bridgehead atoms. The number of aliphatic hydroxyl groups is 1. The van der Waals surface area contributed by atoms with Gasteiger partial charge in [-0.1, -0.05) is 0 Å². The SMILES string of the molecule is Cc1occc1CN(C)S(=O)(=O)c1cc(CO)cs1. The maximum atomic E-state index is 12.3. The second-order valence-corrected chi connectivity index (χ2v) is 7.38. The van der Waals surface area contributed by atoms with Gasteiger partial charge in [0.1, 0.15) is 9.97 Å². The molecule has 0 aliphatic rings. The van der Waals surface area contributed by atoms with Crippen LogP contribution in [0.15, 0.2) is 32.4 Å². The van der Waals surface area contributed by atoms with Crippen LogP contribution in [0.3, 0.4) is 0 Å². The molecule has 1 N–H and O–H groups in total. The van der Waals surface area contributed by atoms with Gasteiger partial charge < -0.3 is 9.52 Å². The molecule has 0 aromatic carbocycles. The van der Waals surface area contributed by atoms with Crippen LogP contribution in [0.1, 0.15) is 16.9 Å². The molecule has 0 saturated carbocycles. The Morgan fingerprint density at radius 2 is 2.21 bits per heavy atom. The van der Waals surface area contributed by atoms with Gasteiger partial charge in [0.05, 0.1) is 12.9 Å². The van der Waals surface area contributed by atoms with Crippen molar-refractivity contribution in [2.24, 2.45) is 0 Å². The Kier molecular flexibility index (Phi) is 4.10. The molecule has 0 fully saturated rings. The van der Waals surface area contributed by atoms with Gasteiger partial charge in [-0.2, -0.15) is 4.31 Å². The highest BCUT2D eigenvalue weighted by Gasteiger charge is 2.23. The summed E-state index contributed by atoms with van der Waals surface area (Å²) >= 11 is 1.11. The largest absolute Gasteiger partial charge is 0.469 e. The highest BCUT2D eigenvalue weighted by Crippen LogP contribution is 2.25. The fraction of sp³-hybridized carbons (Fsp3) is 0.333. The fourth-order valence-corrected chi connectivity index (χ4v) is 4.18. The van der Waals surface area contributed by atoms with Gasteiger partial charge in [-0.05, 0) is 30.0 Å². The molecular formula is C12H15NO4S2. The smallest absolute Gasteiger partial charge is 0.252 e. The van der Waals surface area contributed by atoms with Crippen LogP contribution in [0.4, 0.5) is 0 Å². The summed E-state index contributed by atoms with van der Waals surface area (Å²) in [6, 6.07) is 3.26. The van der Waals surface area contributed by atoms with Crippen molar-refractivity contribution < 1.29 is 17.9 Å². The third-order valence-corrected chi connectivity index (χ3v) is 6.10. The van der Waals surface area contributed by atoms with E-state index < -0.39 is 10.0 Å². The lowest BCUT2D eigenvalue weighted by atomic mass is 10.3. The second kappa shape index (κ2) is 5.46. The van der Waals surface area contributed by atoms with Crippen molar-refractivity contribution in [3.05, 3.63) is 40.7 Å². The molecule has 19 heavy (non-hydrogen) atoms. The molecule has 0 aliphatic carbocycles. The molecule has 104 valence electrons. The molecule has 0 unspecified atom stereocenters. The van der Waals surface area contributed by atoms with Crippen LogP contribution in [-0.2, 0) is 23.2 Å². The van der Waals surface area contributed by atoms with Crippen LogP contribution in [0.2, 0.25) is 0 Å². The second-order valence-electron chi connectivity index (χ2n) is 4.20. The summed E-state index contributed by atoms with van der Waals surface area (Å²) in [4.78, 5) is 0. The molecule has 0 spiro atoms. The Labute approximate surface area is 116 Å². The van der Waals surface area contributed by atoms with Crippen molar-refractivity contribution in [3.63, 3.8) is 0 Å². The van der Waals surface area contributed by atoms with Crippen LogP contribution in [0, 0.1) is 6.92 Å². The van der Waals surface area contributed by atoms with Gasteiger partial charge in [-0.25, -0.2) is 8.42 Å². The molecule has 5 nitrogen and oxygen atoms in total. The quantitative estimate of drug-likeness (QED) is 0.916. The molecule has 2 rings (SSSR count). The first-order valence-corrected chi connectivity index (χ1v) is 7.94. The monoisotopic (exact) mass is 301 g/mol. The van der Waals surface area contributed by atoms with Crippen molar-refractivity contribution in [2.45, 2.75) is 24.3 Å². The van der Waals surface area contributed by atoms with E-state index in [-0.39, 0.29) is 17.4 Å². The van der Waals surface area contributed by atoms with Gasteiger partial charge in [-0.15, -0.1) is 11.3 Å². The lowest BCUT2D eigenvalue weighted by Gasteiger charge is -2.15. The number of furan rings is 1. The topological polar surface area (TPSA) is 70.8 Å². The molecule has 0 saturated heterocycles. The van der Waals surface area contributed by atoms with E-state index in [1.54, 1.807) is 24.6 Å². The zero-order valence-electron chi connectivity index (χ0n) is 10.7. The normalized spacial score (nSPS) is 12.2. The van der Waals surface area contributed by atoms with E-state index in [1.807, 2.05) is 0 Å². The number of aliphatic hydroxyl groups excluding tert-OH is 1. The highest BCUT2D eigenvalue weighted by atomic mass is 32.2. The minimum atomic E-state index is -3.52. The number of rotatable bonds is 5. The number of sulfonamides is 1. The van der Waals surface area contributed by atoms with Crippen LogP contribution in [0.5, 0.6) is 0 Å². The number of hydrogen-bond acceptors (Lipinski definition) is 5. The Morgan fingerprint density at radius 3 is 2.74 bits per heavy atom. The minimum Gasteiger partial charge on any atom is -0.469 e. The zero-order valence-corrected chi connectivity index (χ0v) is 12.3. The van der Waals surface area contributed by atoms with Gasteiger partial charge in [-0.3, -0.25) is 0 Å². The Balaban J connectivity index is 2.22. The molecule has 0 aliphatic heterocycles. The lowest BCUT2D eigenvalue weighted by Crippen LogP contribution is -2.25. The van der Waals surface area contributed by atoms with E-state index in [2.05, 4.69) is 0 Å². The van der Waals surface area contributed by atoms with Crippen molar-refractivity contribution in [1.82, 2.24) is 4.31 Å². The van der Waals surface area contributed by atoms with Crippen LogP contribution >= 0.6 is 11.3 Å². The van der Waals surface area contributed by atoms with Crippen molar-refractivity contribution in [1.29, 1.82) is 0 Å². The van der Waals surface area contributed by atoms with E-state index in [9.17, 15) is 8.42 Å². The highest BCUT2D eigenvalue weighted by molar-refractivity contribution is 7.91.